The summed E-state index contributed by atoms with van der Waals surface area (Å²) in [6.07, 6.45) is 2.97. The van der Waals surface area contributed by atoms with Crippen molar-refractivity contribution in [3.8, 4) is 11.8 Å². The predicted octanol–water partition coefficient (Wildman–Crippen LogP) is 3.66. The molecule has 0 amide bonds. The molecule has 1 saturated heterocycles. The van der Waals surface area contributed by atoms with Crippen molar-refractivity contribution in [1.82, 2.24) is 4.90 Å². The minimum atomic E-state index is -0.230. The van der Waals surface area contributed by atoms with Crippen molar-refractivity contribution < 1.29 is 23.3 Å². The van der Waals surface area contributed by atoms with Crippen LogP contribution in [0.4, 0.5) is 4.39 Å². The quantitative estimate of drug-likeness (QED) is 0.251. The minimum Gasteiger partial charge on any atom is -0.359 e. The molecule has 1 aliphatic heterocycles. The summed E-state index contributed by atoms with van der Waals surface area (Å²) in [7, 11) is 3.29. The zero-order valence-corrected chi connectivity index (χ0v) is 18.5. The Morgan fingerprint density at radius 3 is 2.23 bits per heavy atom. The number of hydrogen-bond acceptors (Lipinski definition) is 5. The van der Waals surface area contributed by atoms with Crippen LogP contribution in [0.5, 0.6) is 0 Å². The zero-order chi connectivity index (χ0) is 21.5. The molecule has 166 valence electrons. The van der Waals surface area contributed by atoms with Crippen molar-refractivity contribution in [2.75, 3.05) is 34.4 Å². The number of ether oxygens (including phenoxy) is 4. The Bertz CT molecular complexity index is 716. The van der Waals surface area contributed by atoms with Crippen LogP contribution in [0.1, 0.15) is 38.7 Å². The Morgan fingerprint density at radius 2 is 1.57 bits per heavy atom. The fraction of sp³-hybridized carbons (Fsp3) is 0.667. The van der Waals surface area contributed by atoms with Gasteiger partial charge in [0.2, 0.25) is 0 Å². The summed E-state index contributed by atoms with van der Waals surface area (Å²) in [5, 5.41) is 0. The highest BCUT2D eigenvalue weighted by molar-refractivity contribution is 5.33. The van der Waals surface area contributed by atoms with Crippen molar-refractivity contribution in [3.63, 3.8) is 0 Å². The highest BCUT2D eigenvalue weighted by Gasteiger charge is 2.62. The first-order valence-electron chi connectivity index (χ1n) is 10.8. The number of unbranched alkanes of at least 4 members (excludes halogenated alkanes) is 2. The number of hydrogen-bond donors (Lipinski definition) is 0. The third kappa shape index (κ3) is 5.60. The Hall–Kier alpha value is -1.49. The first kappa shape index (κ1) is 23.2. The molecule has 0 spiro atoms. The van der Waals surface area contributed by atoms with E-state index in [2.05, 4.69) is 30.6 Å². The highest BCUT2D eigenvalue weighted by atomic mass is 19.1. The van der Waals surface area contributed by atoms with Crippen molar-refractivity contribution in [2.45, 2.75) is 57.4 Å². The van der Waals surface area contributed by atoms with Gasteiger partial charge in [-0.15, -0.1) is 0 Å². The van der Waals surface area contributed by atoms with Gasteiger partial charge in [-0.1, -0.05) is 25.7 Å². The van der Waals surface area contributed by atoms with E-state index in [0.717, 1.165) is 31.4 Å². The van der Waals surface area contributed by atoms with E-state index in [1.54, 1.807) is 26.4 Å². The van der Waals surface area contributed by atoms with Gasteiger partial charge in [0, 0.05) is 32.2 Å². The molecule has 1 heterocycles. The van der Waals surface area contributed by atoms with E-state index in [0.29, 0.717) is 23.9 Å². The first-order valence-corrected chi connectivity index (χ1v) is 10.8. The van der Waals surface area contributed by atoms with Crippen LogP contribution < -0.4 is 0 Å². The van der Waals surface area contributed by atoms with Crippen molar-refractivity contribution in [2.24, 2.45) is 11.8 Å². The van der Waals surface area contributed by atoms with Crippen LogP contribution in [0.25, 0.3) is 0 Å². The van der Waals surface area contributed by atoms with Crippen molar-refractivity contribution >= 4 is 0 Å². The van der Waals surface area contributed by atoms with E-state index < -0.39 is 0 Å². The number of rotatable bonds is 10. The van der Waals surface area contributed by atoms with E-state index in [1.165, 1.54) is 12.1 Å². The summed E-state index contributed by atoms with van der Waals surface area (Å²) in [6, 6.07) is 7.23. The SMILES string of the molecule is COCOC1C(C)C(C)[C@H]2[C@@H](C1OCOC)N2CCCCC#Cc1ccc(F)cc1. The number of fused-ring (bicyclic) bond motifs is 1. The lowest BCUT2D eigenvalue weighted by Gasteiger charge is -2.37. The van der Waals surface area contributed by atoms with Gasteiger partial charge < -0.3 is 18.9 Å². The van der Waals surface area contributed by atoms with Gasteiger partial charge in [0.05, 0.1) is 12.1 Å². The summed E-state index contributed by atoms with van der Waals surface area (Å²) in [5.41, 5.74) is 0.858. The normalized spacial score (nSPS) is 32.2. The number of nitrogens with zero attached hydrogens (tertiary/aromatic N) is 1. The Morgan fingerprint density at radius 1 is 0.900 bits per heavy atom. The van der Waals surface area contributed by atoms with Gasteiger partial charge in [0.1, 0.15) is 25.5 Å². The van der Waals surface area contributed by atoms with Crippen molar-refractivity contribution in [1.29, 1.82) is 0 Å². The van der Waals surface area contributed by atoms with Gasteiger partial charge in [-0.3, -0.25) is 4.90 Å². The number of methoxy groups -OCH3 is 2. The van der Waals surface area contributed by atoms with Gasteiger partial charge >= 0.3 is 0 Å². The monoisotopic (exact) mass is 419 g/mol. The fourth-order valence-electron chi connectivity index (χ4n) is 4.65. The molecule has 6 heteroatoms. The summed E-state index contributed by atoms with van der Waals surface area (Å²) in [6.45, 7) is 6.14. The molecule has 0 radical (unpaired) electrons. The van der Waals surface area contributed by atoms with Gasteiger partial charge in [0.25, 0.3) is 0 Å². The number of halogens is 1. The minimum absolute atomic E-state index is 0.00271. The molecule has 0 bridgehead atoms. The topological polar surface area (TPSA) is 39.9 Å². The van der Waals surface area contributed by atoms with Crippen LogP contribution in [0.2, 0.25) is 0 Å². The third-order valence-corrected chi connectivity index (χ3v) is 6.37. The van der Waals surface area contributed by atoms with Crippen molar-refractivity contribution in [3.05, 3.63) is 35.6 Å². The Balaban J connectivity index is 1.49. The molecule has 1 aliphatic carbocycles. The second kappa shape index (κ2) is 11.2. The van der Waals surface area contributed by atoms with E-state index in [4.69, 9.17) is 18.9 Å². The average Bonchev–Trinajstić information content (AvgIpc) is 3.46. The van der Waals surface area contributed by atoms with E-state index in [9.17, 15) is 4.39 Å². The Kier molecular flexibility index (Phi) is 8.67. The summed E-state index contributed by atoms with van der Waals surface area (Å²) in [5.74, 6) is 6.99. The van der Waals surface area contributed by atoms with Crippen LogP contribution in [0.15, 0.2) is 24.3 Å². The number of benzene rings is 1. The molecule has 5 nitrogen and oxygen atoms in total. The fourth-order valence-corrected chi connectivity index (χ4v) is 4.65. The van der Waals surface area contributed by atoms with Crippen LogP contribution in [0, 0.1) is 29.5 Å². The van der Waals surface area contributed by atoms with Crippen LogP contribution in [-0.4, -0.2) is 63.5 Å². The molecular formula is C24H34FNO4. The summed E-state index contributed by atoms with van der Waals surface area (Å²) in [4.78, 5) is 2.55. The summed E-state index contributed by atoms with van der Waals surface area (Å²) < 4.78 is 35.3. The van der Waals surface area contributed by atoms with Gasteiger partial charge in [-0.2, -0.15) is 0 Å². The maximum Gasteiger partial charge on any atom is 0.146 e. The highest BCUT2D eigenvalue weighted by Crippen LogP contribution is 2.48. The molecule has 2 fully saturated rings. The number of likely N-dealkylation sites (tertiary alicyclic amines) is 1. The Labute approximate surface area is 179 Å². The van der Waals surface area contributed by atoms with E-state index in [-0.39, 0.29) is 31.6 Å². The smallest absolute Gasteiger partial charge is 0.146 e. The van der Waals surface area contributed by atoms with E-state index in [1.807, 2.05) is 0 Å². The molecule has 0 aromatic heterocycles. The van der Waals surface area contributed by atoms with Crippen LogP contribution in [0.3, 0.4) is 0 Å². The largest absolute Gasteiger partial charge is 0.359 e. The maximum atomic E-state index is 12.9. The van der Waals surface area contributed by atoms with Gasteiger partial charge in [0.15, 0.2) is 0 Å². The van der Waals surface area contributed by atoms with Gasteiger partial charge in [-0.05, 0) is 55.5 Å². The molecule has 1 aromatic carbocycles. The van der Waals surface area contributed by atoms with Crippen LogP contribution in [-0.2, 0) is 18.9 Å². The molecular weight excluding hydrogens is 385 g/mol. The first-order chi connectivity index (χ1) is 14.6. The predicted molar refractivity (Wildman–Crippen MR) is 113 cm³/mol. The molecule has 0 N–H and O–H groups in total. The molecule has 1 aromatic rings. The summed E-state index contributed by atoms with van der Waals surface area (Å²) >= 11 is 0. The molecule has 2 aliphatic rings. The molecule has 1 saturated carbocycles. The second-order valence-corrected chi connectivity index (χ2v) is 8.28. The third-order valence-electron chi connectivity index (χ3n) is 6.37. The lowest BCUT2D eigenvalue weighted by molar-refractivity contribution is -0.183. The average molecular weight is 420 g/mol. The maximum absolute atomic E-state index is 12.9. The van der Waals surface area contributed by atoms with Gasteiger partial charge in [-0.25, -0.2) is 4.39 Å². The molecule has 7 atom stereocenters. The standard InChI is InChI=1S/C24H34FNO4/c1-17-18(2)23(29-15-27-3)24(30-16-28-4)22-21(17)26(22)14-8-6-5-7-9-19-10-12-20(25)13-11-19/h10-13,17-18,21-24H,5-6,8,14-16H2,1-4H3/t17?,18?,21-,22-,23?,24?,26?/m0/s1. The lowest BCUT2D eigenvalue weighted by atomic mass is 9.78. The molecule has 5 unspecified atom stereocenters. The second-order valence-electron chi connectivity index (χ2n) is 8.28. The lowest BCUT2D eigenvalue weighted by Crippen LogP contribution is -2.49. The van der Waals surface area contributed by atoms with Crippen LogP contribution >= 0.6 is 0 Å². The molecule has 3 rings (SSSR count). The zero-order valence-electron chi connectivity index (χ0n) is 18.5. The van der Waals surface area contributed by atoms with E-state index >= 15 is 0 Å². The molecule has 30 heavy (non-hydrogen) atoms.